The lowest BCUT2D eigenvalue weighted by Gasteiger charge is -2.28. The number of piperidine rings is 1. The van der Waals surface area contributed by atoms with Gasteiger partial charge >= 0.3 is 5.97 Å². The Hall–Kier alpha value is -3.31. The fraction of sp³-hybridized carbons (Fsp3) is 0.591. The van der Waals surface area contributed by atoms with E-state index in [-0.39, 0.29) is 34.7 Å². The van der Waals surface area contributed by atoms with E-state index in [0.717, 1.165) is 25.9 Å². The third-order valence-electron chi connectivity index (χ3n) is 6.20. The minimum Gasteiger partial charge on any atom is -0.469 e. The first-order valence-electron chi connectivity index (χ1n) is 11.4. The first-order valence-corrected chi connectivity index (χ1v) is 11.4. The van der Waals surface area contributed by atoms with Gasteiger partial charge in [0.15, 0.2) is 23.8 Å². The van der Waals surface area contributed by atoms with Crippen molar-refractivity contribution in [3.63, 3.8) is 0 Å². The van der Waals surface area contributed by atoms with Crippen LogP contribution in [0.5, 0.6) is 0 Å². The summed E-state index contributed by atoms with van der Waals surface area (Å²) in [6.45, 7) is 4.03. The first-order chi connectivity index (χ1) is 16.8. The van der Waals surface area contributed by atoms with Crippen LogP contribution >= 0.6 is 0 Å². The number of aliphatic hydroxyl groups excluding tert-OH is 2. The van der Waals surface area contributed by atoms with Crippen molar-refractivity contribution in [2.45, 2.75) is 44.3 Å². The Kier molecular flexibility index (Phi) is 7.46. The second-order valence-corrected chi connectivity index (χ2v) is 8.45. The van der Waals surface area contributed by atoms with Crippen LogP contribution in [-0.2, 0) is 19.1 Å². The highest BCUT2D eigenvalue weighted by atomic mass is 16.6. The summed E-state index contributed by atoms with van der Waals surface area (Å²) in [4.78, 5) is 38.8. The minimum absolute atomic E-state index is 0.0747. The number of amides is 1. The van der Waals surface area contributed by atoms with E-state index in [9.17, 15) is 19.8 Å². The lowest BCUT2D eigenvalue weighted by molar-refractivity contribution is -0.147. The average Bonchev–Trinajstić information content (AvgIpc) is 3.40. The lowest BCUT2D eigenvalue weighted by Crippen LogP contribution is -2.42. The van der Waals surface area contributed by atoms with E-state index >= 15 is 0 Å². The highest BCUT2D eigenvalue weighted by Gasteiger charge is 2.47. The number of carbonyl (C=O) groups is 2. The average molecular weight is 488 g/mol. The molecule has 2 aliphatic heterocycles. The molecule has 4 atom stereocenters. The molecule has 5 N–H and O–H groups in total. The van der Waals surface area contributed by atoms with E-state index in [2.05, 4.69) is 37.0 Å². The molecule has 1 unspecified atom stereocenters. The number of hydrogen-bond acceptors (Lipinski definition) is 11. The van der Waals surface area contributed by atoms with Crippen LogP contribution in [0.2, 0.25) is 0 Å². The van der Waals surface area contributed by atoms with E-state index in [1.165, 1.54) is 18.0 Å². The molecule has 4 rings (SSSR count). The van der Waals surface area contributed by atoms with Crippen LogP contribution in [0.1, 0.15) is 31.8 Å². The van der Waals surface area contributed by atoms with Gasteiger partial charge in [0.05, 0.1) is 25.9 Å². The lowest BCUT2D eigenvalue weighted by atomic mass is 9.97. The van der Waals surface area contributed by atoms with Crippen molar-refractivity contribution in [2.75, 3.05) is 39.0 Å². The number of imidazole rings is 1. The summed E-state index contributed by atoms with van der Waals surface area (Å²) < 4.78 is 11.9. The van der Waals surface area contributed by atoms with Gasteiger partial charge in [0, 0.05) is 6.54 Å². The Labute approximate surface area is 201 Å². The van der Waals surface area contributed by atoms with Gasteiger partial charge in [-0.1, -0.05) is 5.92 Å². The van der Waals surface area contributed by atoms with Crippen LogP contribution in [0.15, 0.2) is 6.33 Å². The molecule has 0 aromatic carbocycles. The number of likely N-dealkylation sites (N-methyl/N-ethyl adjacent to an activating group) is 1. The Bertz CT molecular complexity index is 1150. The third-order valence-corrected chi connectivity index (χ3v) is 6.20. The largest absolute Gasteiger partial charge is 0.469 e. The fourth-order valence-corrected chi connectivity index (χ4v) is 4.29. The molecular weight excluding hydrogens is 458 g/mol. The molecule has 35 heavy (non-hydrogen) atoms. The van der Waals surface area contributed by atoms with Crippen LogP contribution in [-0.4, -0.2) is 98.1 Å². The molecule has 2 saturated heterocycles. The van der Waals surface area contributed by atoms with Crippen LogP contribution in [0, 0.1) is 17.8 Å². The van der Waals surface area contributed by atoms with Crippen molar-refractivity contribution in [3.05, 3.63) is 12.2 Å². The third kappa shape index (κ3) is 5.06. The first kappa shape index (κ1) is 24.8. The molecular formula is C22H29N7O6. The zero-order chi connectivity index (χ0) is 25.1. The Morgan fingerprint density at radius 3 is 2.71 bits per heavy atom. The molecule has 2 aliphatic rings. The number of nitrogens with two attached hydrogens (primary N) is 1. The molecule has 0 spiro atoms. The maximum atomic E-state index is 12.2. The summed E-state index contributed by atoms with van der Waals surface area (Å²) in [5, 5.41) is 23.4. The molecule has 2 aromatic heterocycles. The minimum atomic E-state index is -1.43. The number of aromatic nitrogens is 4. The summed E-state index contributed by atoms with van der Waals surface area (Å²) in [5.41, 5.74) is 6.59. The van der Waals surface area contributed by atoms with Gasteiger partial charge in [-0.15, -0.1) is 0 Å². The number of aliphatic hydroxyl groups is 2. The number of likely N-dealkylation sites (tertiary alicyclic amines) is 1. The normalized spacial score (nSPS) is 25.3. The Morgan fingerprint density at radius 1 is 1.29 bits per heavy atom. The molecule has 2 fully saturated rings. The van der Waals surface area contributed by atoms with Crippen LogP contribution in [0.4, 0.5) is 5.82 Å². The molecule has 0 saturated carbocycles. The summed E-state index contributed by atoms with van der Waals surface area (Å²) in [7, 11) is 1.40. The summed E-state index contributed by atoms with van der Waals surface area (Å²) in [5.74, 6) is 5.42. The number of ether oxygens (including phenoxy) is 2. The Balaban J connectivity index is 1.49. The van der Waals surface area contributed by atoms with Crippen molar-refractivity contribution in [1.82, 2.24) is 29.7 Å². The van der Waals surface area contributed by atoms with E-state index in [1.807, 2.05) is 0 Å². The van der Waals surface area contributed by atoms with E-state index in [1.54, 1.807) is 6.92 Å². The standard InChI is InChI=1S/C22H29N7O6/c1-3-24-20(32)17-15(30)16(31)21(35-17)29-11-25-14-18(23)26-13(27-19(14)29)5-4-8-28-9-6-12(7-10-28)22(33)34-2/h11-12,15-17,21,30-31H,3,6-10H2,1-2H3,(H,24,32)(H2,23,26,27)/t15?,16-,17-,21+/m0/s1. The number of nitrogens with one attached hydrogen (secondary N) is 1. The zero-order valence-electron chi connectivity index (χ0n) is 19.5. The smallest absolute Gasteiger partial charge is 0.308 e. The highest BCUT2D eigenvalue weighted by molar-refractivity contribution is 5.83. The van der Waals surface area contributed by atoms with Gasteiger partial charge in [-0.05, 0) is 38.8 Å². The molecule has 13 nitrogen and oxygen atoms in total. The summed E-state index contributed by atoms with van der Waals surface area (Å²) >= 11 is 0. The Morgan fingerprint density at radius 2 is 2.03 bits per heavy atom. The topological polar surface area (TPSA) is 178 Å². The highest BCUT2D eigenvalue weighted by Crippen LogP contribution is 2.32. The van der Waals surface area contributed by atoms with Gasteiger partial charge in [-0.25, -0.2) is 15.0 Å². The molecule has 0 radical (unpaired) electrons. The van der Waals surface area contributed by atoms with E-state index in [4.69, 9.17) is 15.2 Å². The van der Waals surface area contributed by atoms with Gasteiger partial charge in [0.1, 0.15) is 17.7 Å². The number of carbonyl (C=O) groups excluding carboxylic acids is 2. The number of esters is 1. The predicted molar refractivity (Wildman–Crippen MR) is 122 cm³/mol. The van der Waals surface area contributed by atoms with Crippen molar-refractivity contribution in [2.24, 2.45) is 5.92 Å². The SMILES string of the molecule is CCNC(=O)[C@H]1O[C@@H](n2cnc3c(N)nc(C#CCN4CCC(C(=O)OC)CC4)nc32)[C@@H](O)C1O. The molecule has 0 aliphatic carbocycles. The van der Waals surface area contributed by atoms with Gasteiger partial charge in [-0.2, -0.15) is 0 Å². The van der Waals surface area contributed by atoms with Crippen LogP contribution < -0.4 is 11.1 Å². The summed E-state index contributed by atoms with van der Waals surface area (Å²) in [6.07, 6.45) is -2.36. The van der Waals surface area contributed by atoms with Crippen molar-refractivity contribution in [3.8, 4) is 11.8 Å². The molecule has 188 valence electrons. The van der Waals surface area contributed by atoms with Crippen molar-refractivity contribution < 1.29 is 29.3 Å². The summed E-state index contributed by atoms with van der Waals surface area (Å²) in [6, 6.07) is 0. The van der Waals surface area contributed by atoms with Gasteiger partial charge in [-0.3, -0.25) is 19.1 Å². The van der Waals surface area contributed by atoms with Crippen LogP contribution in [0.3, 0.4) is 0 Å². The van der Waals surface area contributed by atoms with E-state index < -0.39 is 30.4 Å². The van der Waals surface area contributed by atoms with E-state index in [0.29, 0.717) is 13.1 Å². The molecule has 4 heterocycles. The second kappa shape index (κ2) is 10.5. The number of nitrogens with zero attached hydrogens (tertiary/aromatic N) is 5. The number of anilines is 1. The number of hydrogen-bond donors (Lipinski definition) is 4. The maximum absolute atomic E-state index is 12.2. The molecule has 13 heteroatoms. The monoisotopic (exact) mass is 487 g/mol. The molecule has 1 amide bonds. The fourth-order valence-electron chi connectivity index (χ4n) is 4.29. The maximum Gasteiger partial charge on any atom is 0.308 e. The van der Waals surface area contributed by atoms with Gasteiger partial charge < -0.3 is 30.7 Å². The van der Waals surface area contributed by atoms with Gasteiger partial charge in [0.25, 0.3) is 5.91 Å². The van der Waals surface area contributed by atoms with Crippen molar-refractivity contribution in [1.29, 1.82) is 0 Å². The van der Waals surface area contributed by atoms with Crippen molar-refractivity contribution >= 4 is 28.9 Å². The number of rotatable bonds is 5. The zero-order valence-corrected chi connectivity index (χ0v) is 19.5. The number of fused-ring (bicyclic) bond motifs is 1. The number of nitrogen functional groups attached to an aromatic ring is 1. The quantitative estimate of drug-likeness (QED) is 0.282. The number of methoxy groups -OCH3 is 1. The predicted octanol–water partition coefficient (Wildman–Crippen LogP) is -1.60. The van der Waals surface area contributed by atoms with Crippen LogP contribution in [0.25, 0.3) is 11.2 Å². The van der Waals surface area contributed by atoms with Gasteiger partial charge in [0.2, 0.25) is 5.82 Å². The second-order valence-electron chi connectivity index (χ2n) is 8.45. The molecule has 2 aromatic rings. The molecule has 0 bridgehead atoms.